The Balaban J connectivity index is 1.43. The van der Waals surface area contributed by atoms with Crippen molar-refractivity contribution in [1.29, 1.82) is 0 Å². The number of carbonyl (C=O) groups is 1. The molecule has 2 aromatic heterocycles. The van der Waals surface area contributed by atoms with Crippen molar-refractivity contribution in [1.82, 2.24) is 19.9 Å². The molecule has 0 unspecified atom stereocenters. The monoisotopic (exact) mass is 375 g/mol. The average molecular weight is 375 g/mol. The molecule has 0 bridgehead atoms. The maximum absolute atomic E-state index is 12.9. The summed E-state index contributed by atoms with van der Waals surface area (Å²) in [4.78, 5) is 23.7. The molecule has 1 aliphatic heterocycles. The molecule has 1 aromatic carbocycles. The fourth-order valence-corrected chi connectivity index (χ4v) is 3.91. The van der Waals surface area contributed by atoms with Crippen LogP contribution in [0.3, 0.4) is 0 Å². The van der Waals surface area contributed by atoms with Gasteiger partial charge in [0.1, 0.15) is 0 Å². The average Bonchev–Trinajstić information content (AvgIpc) is 3.04. The number of para-hydroxylation sites is 1. The van der Waals surface area contributed by atoms with E-state index < -0.39 is 0 Å². The quantitative estimate of drug-likeness (QED) is 0.760. The number of rotatable bonds is 4. The van der Waals surface area contributed by atoms with E-state index >= 15 is 0 Å². The van der Waals surface area contributed by atoms with Gasteiger partial charge in [-0.1, -0.05) is 18.2 Å². The zero-order valence-corrected chi connectivity index (χ0v) is 16.3. The van der Waals surface area contributed by atoms with Gasteiger partial charge in [-0.25, -0.2) is 9.97 Å². The van der Waals surface area contributed by atoms with Crippen LogP contribution in [0.5, 0.6) is 0 Å². The van der Waals surface area contributed by atoms with Crippen LogP contribution in [-0.4, -0.2) is 39.6 Å². The minimum Gasteiger partial charge on any atom is -0.349 e. The summed E-state index contributed by atoms with van der Waals surface area (Å²) in [6, 6.07) is 14.1. The first kappa shape index (κ1) is 18.2. The van der Waals surface area contributed by atoms with Crippen LogP contribution in [0, 0.1) is 13.8 Å². The molecule has 3 heterocycles. The zero-order chi connectivity index (χ0) is 19.5. The summed E-state index contributed by atoms with van der Waals surface area (Å²) in [5.41, 5.74) is 3.85. The summed E-state index contributed by atoms with van der Waals surface area (Å²) >= 11 is 0. The van der Waals surface area contributed by atoms with Crippen LogP contribution in [0.15, 0.2) is 54.9 Å². The molecule has 1 amide bonds. The summed E-state index contributed by atoms with van der Waals surface area (Å²) in [7, 11) is 0. The molecule has 1 N–H and O–H groups in total. The second kappa shape index (κ2) is 7.84. The van der Waals surface area contributed by atoms with Gasteiger partial charge in [0.05, 0.1) is 5.56 Å². The van der Waals surface area contributed by atoms with Crippen LogP contribution in [0.25, 0.3) is 5.69 Å². The van der Waals surface area contributed by atoms with Gasteiger partial charge in [0, 0.05) is 48.6 Å². The topological polar surface area (TPSA) is 63.1 Å². The minimum atomic E-state index is 0.00434. The highest BCUT2D eigenvalue weighted by Gasteiger charge is 2.24. The molecule has 1 aliphatic rings. The smallest absolute Gasteiger partial charge is 0.253 e. The number of aromatic nitrogens is 3. The fraction of sp³-hybridized carbons (Fsp3) is 0.318. The van der Waals surface area contributed by atoms with E-state index in [2.05, 4.69) is 36.9 Å². The number of nitrogens with zero attached hydrogens (tertiary/aromatic N) is 4. The number of nitrogens with one attached hydrogen (secondary N) is 1. The van der Waals surface area contributed by atoms with Gasteiger partial charge in [0.2, 0.25) is 5.95 Å². The first-order chi connectivity index (χ1) is 13.6. The Hall–Kier alpha value is -3.15. The lowest BCUT2D eigenvalue weighted by Gasteiger charge is -2.32. The minimum absolute atomic E-state index is 0.00434. The van der Waals surface area contributed by atoms with Gasteiger partial charge in [-0.2, -0.15) is 0 Å². The Morgan fingerprint density at radius 1 is 1.04 bits per heavy atom. The van der Waals surface area contributed by atoms with Gasteiger partial charge in [-0.3, -0.25) is 4.79 Å². The molecule has 3 aromatic rings. The largest absolute Gasteiger partial charge is 0.349 e. The molecule has 6 heteroatoms. The zero-order valence-electron chi connectivity index (χ0n) is 16.3. The van der Waals surface area contributed by atoms with Crippen molar-refractivity contribution in [2.75, 3.05) is 18.0 Å². The van der Waals surface area contributed by atoms with Crippen molar-refractivity contribution < 1.29 is 4.79 Å². The lowest BCUT2D eigenvalue weighted by Crippen LogP contribution is -2.45. The molecule has 6 nitrogen and oxygen atoms in total. The third-order valence-electron chi connectivity index (χ3n) is 5.36. The second-order valence-electron chi connectivity index (χ2n) is 7.24. The molecule has 0 spiro atoms. The van der Waals surface area contributed by atoms with Gasteiger partial charge in [-0.15, -0.1) is 0 Å². The van der Waals surface area contributed by atoms with Gasteiger partial charge >= 0.3 is 0 Å². The third kappa shape index (κ3) is 3.63. The summed E-state index contributed by atoms with van der Waals surface area (Å²) in [5, 5.41) is 3.22. The molecule has 0 radical (unpaired) electrons. The highest BCUT2D eigenvalue weighted by Crippen LogP contribution is 2.22. The number of hydrogen-bond acceptors (Lipinski definition) is 4. The summed E-state index contributed by atoms with van der Waals surface area (Å²) in [6.45, 7) is 5.73. The van der Waals surface area contributed by atoms with Gasteiger partial charge in [-0.05, 0) is 51.0 Å². The lowest BCUT2D eigenvalue weighted by molar-refractivity contribution is 0.0930. The van der Waals surface area contributed by atoms with E-state index in [4.69, 9.17) is 0 Å². The molecule has 1 fully saturated rings. The highest BCUT2D eigenvalue weighted by atomic mass is 16.1. The number of piperidine rings is 1. The van der Waals surface area contributed by atoms with Crippen molar-refractivity contribution in [3.05, 3.63) is 71.8 Å². The number of amides is 1. The number of hydrogen-bond donors (Lipinski definition) is 1. The van der Waals surface area contributed by atoms with Crippen LogP contribution >= 0.6 is 0 Å². The Labute approximate surface area is 165 Å². The standard InChI is InChI=1S/C22H25N5O/c1-16-15-20(17(2)27(16)19-7-4-3-5-8-19)21(28)25-18-9-13-26(14-10-18)22-23-11-6-12-24-22/h3-8,11-12,15,18H,9-10,13-14H2,1-2H3,(H,25,28). The van der Waals surface area contributed by atoms with E-state index in [0.29, 0.717) is 0 Å². The molecular formula is C22H25N5O. The molecule has 4 rings (SSSR count). The predicted octanol–water partition coefficient (Wildman–Crippen LogP) is 3.28. The van der Waals surface area contributed by atoms with Crippen molar-refractivity contribution in [3.8, 4) is 5.69 Å². The maximum Gasteiger partial charge on any atom is 0.253 e. The molecular weight excluding hydrogens is 350 g/mol. The maximum atomic E-state index is 12.9. The molecule has 144 valence electrons. The Morgan fingerprint density at radius 2 is 1.71 bits per heavy atom. The van der Waals surface area contributed by atoms with Crippen molar-refractivity contribution in [2.24, 2.45) is 0 Å². The van der Waals surface area contributed by atoms with E-state index in [-0.39, 0.29) is 11.9 Å². The van der Waals surface area contributed by atoms with Crippen molar-refractivity contribution >= 4 is 11.9 Å². The van der Waals surface area contributed by atoms with E-state index in [1.807, 2.05) is 44.2 Å². The number of carbonyl (C=O) groups excluding carboxylic acids is 1. The first-order valence-corrected chi connectivity index (χ1v) is 9.70. The van der Waals surface area contributed by atoms with Crippen LogP contribution in [-0.2, 0) is 0 Å². The molecule has 1 saturated heterocycles. The number of anilines is 1. The second-order valence-corrected chi connectivity index (χ2v) is 7.24. The first-order valence-electron chi connectivity index (χ1n) is 9.70. The predicted molar refractivity (Wildman–Crippen MR) is 110 cm³/mol. The van der Waals surface area contributed by atoms with Crippen molar-refractivity contribution in [3.63, 3.8) is 0 Å². The van der Waals surface area contributed by atoms with Crippen LogP contribution in [0.2, 0.25) is 0 Å². The van der Waals surface area contributed by atoms with Gasteiger partial charge in [0.25, 0.3) is 5.91 Å². The van der Waals surface area contributed by atoms with Crippen LogP contribution in [0.4, 0.5) is 5.95 Å². The Bertz CT molecular complexity index is 944. The Kier molecular flexibility index (Phi) is 5.10. The third-order valence-corrected chi connectivity index (χ3v) is 5.36. The van der Waals surface area contributed by atoms with Gasteiger partial charge < -0.3 is 14.8 Å². The van der Waals surface area contributed by atoms with Crippen LogP contribution in [0.1, 0.15) is 34.6 Å². The fourth-order valence-electron chi connectivity index (χ4n) is 3.91. The summed E-state index contributed by atoms with van der Waals surface area (Å²) in [6.07, 6.45) is 5.31. The molecule has 0 atom stereocenters. The summed E-state index contributed by atoms with van der Waals surface area (Å²) < 4.78 is 2.13. The molecule has 0 aliphatic carbocycles. The van der Waals surface area contributed by atoms with Crippen molar-refractivity contribution in [2.45, 2.75) is 32.7 Å². The van der Waals surface area contributed by atoms with E-state index in [0.717, 1.165) is 54.5 Å². The Morgan fingerprint density at radius 3 is 2.39 bits per heavy atom. The number of benzene rings is 1. The SMILES string of the molecule is Cc1cc(C(=O)NC2CCN(c3ncccn3)CC2)c(C)n1-c1ccccc1. The molecule has 0 saturated carbocycles. The van der Waals surface area contributed by atoms with Crippen LogP contribution < -0.4 is 10.2 Å². The summed E-state index contributed by atoms with van der Waals surface area (Å²) in [5.74, 6) is 0.767. The molecule has 28 heavy (non-hydrogen) atoms. The normalized spacial score (nSPS) is 14.9. The van der Waals surface area contributed by atoms with Gasteiger partial charge in [0.15, 0.2) is 0 Å². The van der Waals surface area contributed by atoms with E-state index in [1.54, 1.807) is 12.4 Å². The highest BCUT2D eigenvalue weighted by molar-refractivity contribution is 5.96. The number of aryl methyl sites for hydroxylation is 1. The lowest BCUT2D eigenvalue weighted by atomic mass is 10.0. The van der Waals surface area contributed by atoms with E-state index in [1.165, 1.54) is 0 Å². The van der Waals surface area contributed by atoms with E-state index in [9.17, 15) is 4.79 Å².